The molecule has 8 heteroatoms. The largest absolute Gasteiger partial charge is 0.465 e. The number of fused-ring (bicyclic) bond motifs is 4. The number of hydrogen-bond acceptors (Lipinski definition) is 8. The molecule has 198 valence electrons. The van der Waals surface area contributed by atoms with Crippen LogP contribution in [0.5, 0.6) is 0 Å². The van der Waals surface area contributed by atoms with Gasteiger partial charge in [-0.3, -0.25) is 0 Å². The highest BCUT2D eigenvalue weighted by atomic mass is 16.5. The first-order valence-corrected chi connectivity index (χ1v) is 13.0. The Morgan fingerprint density at radius 1 is 0.525 bits per heavy atom. The van der Waals surface area contributed by atoms with Crippen molar-refractivity contribution in [3.63, 3.8) is 0 Å². The minimum absolute atomic E-state index is 0.0451. The molecule has 0 aliphatic carbocycles. The Kier molecular flexibility index (Phi) is 6.30. The van der Waals surface area contributed by atoms with Crippen molar-refractivity contribution in [3.05, 3.63) is 95.1 Å². The molecule has 2 aromatic heterocycles. The van der Waals surface area contributed by atoms with E-state index in [-0.39, 0.29) is 11.8 Å². The molecule has 40 heavy (non-hydrogen) atoms. The lowest BCUT2D eigenvalue weighted by molar-refractivity contribution is 0.0594. The number of rotatable bonds is 5. The van der Waals surface area contributed by atoms with Gasteiger partial charge in [0.15, 0.2) is 0 Å². The van der Waals surface area contributed by atoms with Gasteiger partial charge in [0.25, 0.3) is 0 Å². The normalized spacial score (nSPS) is 13.0. The van der Waals surface area contributed by atoms with Crippen molar-refractivity contribution in [1.82, 2.24) is 19.9 Å². The van der Waals surface area contributed by atoms with Crippen molar-refractivity contribution < 1.29 is 19.1 Å². The SMILES string of the molecule is COC(=O)c1cccc2nc3c(C(C)[C@H](C)c4cccc5nc6c(C(=O)OC)cccc6nc45)cccc3nc12. The Labute approximate surface area is 230 Å². The highest BCUT2D eigenvalue weighted by Crippen LogP contribution is 2.38. The van der Waals surface area contributed by atoms with Crippen LogP contribution in [-0.4, -0.2) is 46.1 Å². The summed E-state index contributed by atoms with van der Waals surface area (Å²) in [5, 5.41) is 0. The lowest BCUT2D eigenvalue weighted by Crippen LogP contribution is -2.09. The maximum atomic E-state index is 12.3. The molecular weight excluding hydrogens is 504 g/mol. The summed E-state index contributed by atoms with van der Waals surface area (Å²) in [6, 6.07) is 22.6. The van der Waals surface area contributed by atoms with Crippen LogP contribution in [0.2, 0.25) is 0 Å². The molecule has 0 fully saturated rings. The van der Waals surface area contributed by atoms with E-state index in [1.807, 2.05) is 36.4 Å². The van der Waals surface area contributed by atoms with Crippen LogP contribution in [0.1, 0.15) is 57.5 Å². The standard InChI is InChI=1S/C32H26N4O4/c1-17(19-9-5-13-23-27(19)33-25-15-7-11-21(29(25)35-23)31(37)39-3)18(2)20-10-6-14-24-28(20)34-26-16-8-12-22(30(26)36-24)32(38)40-4/h5-18H,1-4H3/t17-,18?/m0/s1. The molecule has 0 spiro atoms. The molecule has 0 bridgehead atoms. The van der Waals surface area contributed by atoms with Crippen LogP contribution in [-0.2, 0) is 9.47 Å². The molecule has 2 heterocycles. The lowest BCUT2D eigenvalue weighted by atomic mass is 9.83. The highest BCUT2D eigenvalue weighted by molar-refractivity contribution is 6.04. The fraction of sp³-hybridized carbons (Fsp3) is 0.188. The van der Waals surface area contributed by atoms with Gasteiger partial charge in [-0.25, -0.2) is 29.5 Å². The summed E-state index contributed by atoms with van der Waals surface area (Å²) >= 11 is 0. The molecule has 0 radical (unpaired) electrons. The zero-order chi connectivity index (χ0) is 28.0. The summed E-state index contributed by atoms with van der Waals surface area (Å²) in [6.45, 7) is 4.33. The maximum absolute atomic E-state index is 12.3. The fourth-order valence-corrected chi connectivity index (χ4v) is 5.30. The van der Waals surface area contributed by atoms with E-state index < -0.39 is 11.9 Å². The predicted molar refractivity (Wildman–Crippen MR) is 154 cm³/mol. The number of aromatic nitrogens is 4. The predicted octanol–water partition coefficient (Wildman–Crippen LogP) is 6.36. The van der Waals surface area contributed by atoms with Crippen LogP contribution in [0, 0.1) is 0 Å². The molecular formula is C32H26N4O4. The van der Waals surface area contributed by atoms with Crippen LogP contribution in [0.3, 0.4) is 0 Å². The van der Waals surface area contributed by atoms with Crippen molar-refractivity contribution in [3.8, 4) is 0 Å². The van der Waals surface area contributed by atoms with Crippen LogP contribution in [0.4, 0.5) is 0 Å². The molecule has 0 aliphatic heterocycles. The van der Waals surface area contributed by atoms with E-state index in [0.29, 0.717) is 44.2 Å². The molecule has 2 atom stereocenters. The number of benzene rings is 4. The minimum Gasteiger partial charge on any atom is -0.465 e. The van der Waals surface area contributed by atoms with Gasteiger partial charge in [-0.15, -0.1) is 0 Å². The molecule has 6 aromatic rings. The molecule has 0 saturated heterocycles. The zero-order valence-electron chi connectivity index (χ0n) is 22.5. The average molecular weight is 531 g/mol. The topological polar surface area (TPSA) is 104 Å². The first-order chi connectivity index (χ1) is 19.4. The highest BCUT2D eigenvalue weighted by Gasteiger charge is 2.23. The van der Waals surface area contributed by atoms with E-state index in [0.717, 1.165) is 22.2 Å². The van der Waals surface area contributed by atoms with Crippen molar-refractivity contribution in [1.29, 1.82) is 0 Å². The van der Waals surface area contributed by atoms with Crippen molar-refractivity contribution in [2.45, 2.75) is 25.7 Å². The Bertz CT molecular complexity index is 1830. The van der Waals surface area contributed by atoms with E-state index >= 15 is 0 Å². The van der Waals surface area contributed by atoms with Gasteiger partial charge in [0.2, 0.25) is 0 Å². The van der Waals surface area contributed by atoms with E-state index in [1.165, 1.54) is 14.2 Å². The Hall–Kier alpha value is -4.98. The van der Waals surface area contributed by atoms with Crippen molar-refractivity contribution in [2.24, 2.45) is 0 Å². The average Bonchev–Trinajstić information content (AvgIpc) is 3.00. The number of nitrogens with zero attached hydrogens (tertiary/aromatic N) is 4. The van der Waals surface area contributed by atoms with E-state index in [1.54, 1.807) is 24.3 Å². The van der Waals surface area contributed by atoms with Crippen molar-refractivity contribution >= 4 is 56.1 Å². The number of carbonyl (C=O) groups is 2. The quantitative estimate of drug-likeness (QED) is 0.187. The Morgan fingerprint density at radius 2 is 0.850 bits per heavy atom. The zero-order valence-corrected chi connectivity index (χ0v) is 22.5. The Balaban J connectivity index is 1.47. The fourth-order valence-electron chi connectivity index (χ4n) is 5.30. The number of methoxy groups -OCH3 is 2. The first kappa shape index (κ1) is 25.3. The molecule has 0 amide bonds. The molecule has 8 nitrogen and oxygen atoms in total. The van der Waals surface area contributed by atoms with Gasteiger partial charge in [0, 0.05) is 0 Å². The lowest BCUT2D eigenvalue weighted by Gasteiger charge is -2.23. The monoisotopic (exact) mass is 530 g/mol. The molecule has 1 unspecified atom stereocenters. The second-order valence-electron chi connectivity index (χ2n) is 9.78. The number of esters is 2. The van der Waals surface area contributed by atoms with Gasteiger partial charge in [0.1, 0.15) is 11.0 Å². The minimum atomic E-state index is -0.444. The molecule has 4 aromatic carbocycles. The Morgan fingerprint density at radius 3 is 1.23 bits per heavy atom. The molecule has 0 N–H and O–H groups in total. The number of carbonyl (C=O) groups excluding carboxylic acids is 2. The number of hydrogen-bond donors (Lipinski definition) is 0. The molecule has 0 saturated carbocycles. The van der Waals surface area contributed by atoms with Crippen molar-refractivity contribution in [2.75, 3.05) is 14.2 Å². The van der Waals surface area contributed by atoms with Gasteiger partial charge in [-0.2, -0.15) is 0 Å². The van der Waals surface area contributed by atoms with Gasteiger partial charge < -0.3 is 9.47 Å². The van der Waals surface area contributed by atoms with Crippen LogP contribution < -0.4 is 0 Å². The molecule has 0 aliphatic rings. The van der Waals surface area contributed by atoms with Gasteiger partial charge in [0.05, 0.1) is 58.4 Å². The summed E-state index contributed by atoms with van der Waals surface area (Å²) in [5.74, 6) is -0.797. The summed E-state index contributed by atoms with van der Waals surface area (Å²) in [6.07, 6.45) is 0. The van der Waals surface area contributed by atoms with Crippen LogP contribution >= 0.6 is 0 Å². The maximum Gasteiger partial charge on any atom is 0.340 e. The first-order valence-electron chi connectivity index (χ1n) is 13.0. The summed E-state index contributed by atoms with van der Waals surface area (Å²) in [5.41, 5.74) is 8.15. The van der Waals surface area contributed by atoms with Crippen LogP contribution in [0.15, 0.2) is 72.8 Å². The smallest absolute Gasteiger partial charge is 0.340 e. The van der Waals surface area contributed by atoms with Crippen LogP contribution in [0.25, 0.3) is 44.1 Å². The third-order valence-corrected chi connectivity index (χ3v) is 7.59. The summed E-state index contributed by atoms with van der Waals surface area (Å²) in [7, 11) is 2.71. The second kappa shape index (κ2) is 9.96. The summed E-state index contributed by atoms with van der Waals surface area (Å²) < 4.78 is 9.89. The number of para-hydroxylation sites is 4. The summed E-state index contributed by atoms with van der Waals surface area (Å²) in [4.78, 5) is 44.2. The van der Waals surface area contributed by atoms with Gasteiger partial charge in [-0.05, 0) is 59.4 Å². The molecule has 6 rings (SSSR count). The third-order valence-electron chi connectivity index (χ3n) is 7.59. The van der Waals surface area contributed by atoms with E-state index in [2.05, 4.69) is 26.0 Å². The van der Waals surface area contributed by atoms with Gasteiger partial charge in [-0.1, -0.05) is 50.2 Å². The second-order valence-corrected chi connectivity index (χ2v) is 9.78. The van der Waals surface area contributed by atoms with E-state index in [4.69, 9.17) is 29.4 Å². The van der Waals surface area contributed by atoms with E-state index in [9.17, 15) is 9.59 Å². The third kappa shape index (κ3) is 4.09. The van der Waals surface area contributed by atoms with Gasteiger partial charge >= 0.3 is 11.9 Å². The number of ether oxygens (including phenoxy) is 2.